The number of carbonyl (C=O) groups is 1. The molecule has 9 heteroatoms. The monoisotopic (exact) mass is 411 g/mol. The highest BCUT2D eigenvalue weighted by Crippen LogP contribution is 2.36. The van der Waals surface area contributed by atoms with Gasteiger partial charge >= 0.3 is 11.8 Å². The summed E-state index contributed by atoms with van der Waals surface area (Å²) >= 11 is 17.6. The summed E-state index contributed by atoms with van der Waals surface area (Å²) in [6, 6.07) is 9.64. The maximum absolute atomic E-state index is 12.3. The molecule has 3 aromatic rings. The number of phenols is 1. The Kier molecular flexibility index (Phi) is 5.36. The van der Waals surface area contributed by atoms with Gasteiger partial charge in [0.15, 0.2) is 5.75 Å². The number of halogens is 3. The summed E-state index contributed by atoms with van der Waals surface area (Å²) in [6.07, 6.45) is 0. The van der Waals surface area contributed by atoms with Gasteiger partial charge in [-0.15, -0.1) is 10.2 Å². The number of nitrogens with one attached hydrogen (secondary N) is 1. The molecule has 0 fully saturated rings. The van der Waals surface area contributed by atoms with Crippen molar-refractivity contribution in [3.63, 3.8) is 0 Å². The number of aromatic nitrogens is 2. The summed E-state index contributed by atoms with van der Waals surface area (Å²) in [4.78, 5) is 12.3. The lowest BCUT2D eigenvalue weighted by Gasteiger charge is -2.12. The molecule has 0 spiro atoms. The van der Waals surface area contributed by atoms with E-state index < -0.39 is 5.91 Å². The predicted octanol–water partition coefficient (Wildman–Crippen LogP) is 4.89. The molecule has 2 aromatic carbocycles. The van der Waals surface area contributed by atoms with Crippen LogP contribution in [0, 0.1) is 0 Å². The molecular formula is C17H12Cl3N3O3. The zero-order valence-electron chi connectivity index (χ0n) is 13.3. The molecule has 0 saturated carbocycles. The van der Waals surface area contributed by atoms with Crippen molar-refractivity contribution in [1.82, 2.24) is 15.5 Å². The van der Waals surface area contributed by atoms with Crippen molar-refractivity contribution in [2.75, 3.05) is 0 Å². The van der Waals surface area contributed by atoms with Gasteiger partial charge in [0.1, 0.15) is 0 Å². The molecule has 134 valence electrons. The van der Waals surface area contributed by atoms with E-state index >= 15 is 0 Å². The number of carbonyl (C=O) groups excluding carboxylic acids is 1. The number of hydrogen-bond acceptors (Lipinski definition) is 5. The van der Waals surface area contributed by atoms with Crippen LogP contribution in [0.3, 0.4) is 0 Å². The van der Waals surface area contributed by atoms with E-state index in [4.69, 9.17) is 39.2 Å². The summed E-state index contributed by atoms with van der Waals surface area (Å²) < 4.78 is 5.38. The number of aromatic hydroxyl groups is 1. The van der Waals surface area contributed by atoms with Crippen LogP contribution in [0.2, 0.25) is 15.1 Å². The molecule has 0 aliphatic rings. The number of nitrogens with zero attached hydrogens (tertiary/aromatic N) is 2. The van der Waals surface area contributed by atoms with E-state index in [-0.39, 0.29) is 33.6 Å². The SMILES string of the molecule is CC(NC(=O)c1nnc(-c2cc(Cl)c(O)c(Cl)c2)o1)c1ccc(Cl)cc1. The average molecular weight is 413 g/mol. The van der Waals surface area contributed by atoms with Crippen LogP contribution >= 0.6 is 34.8 Å². The maximum Gasteiger partial charge on any atom is 0.309 e. The molecule has 1 heterocycles. The lowest BCUT2D eigenvalue weighted by molar-refractivity contribution is 0.0905. The number of hydrogen-bond donors (Lipinski definition) is 2. The number of benzene rings is 2. The van der Waals surface area contributed by atoms with Crippen molar-refractivity contribution >= 4 is 40.7 Å². The van der Waals surface area contributed by atoms with Crippen molar-refractivity contribution < 1.29 is 14.3 Å². The quantitative estimate of drug-likeness (QED) is 0.636. The number of amides is 1. The van der Waals surface area contributed by atoms with E-state index in [0.717, 1.165) is 5.56 Å². The third kappa shape index (κ3) is 3.93. The van der Waals surface area contributed by atoms with Gasteiger partial charge in [-0.2, -0.15) is 0 Å². The van der Waals surface area contributed by atoms with E-state index in [1.54, 1.807) is 12.1 Å². The van der Waals surface area contributed by atoms with Gasteiger partial charge in [0, 0.05) is 10.6 Å². The van der Waals surface area contributed by atoms with Crippen molar-refractivity contribution in [2.45, 2.75) is 13.0 Å². The Bertz CT molecular complexity index is 934. The summed E-state index contributed by atoms with van der Waals surface area (Å²) in [5.74, 6) is -0.923. The van der Waals surface area contributed by atoms with Gasteiger partial charge in [-0.3, -0.25) is 4.79 Å². The zero-order chi connectivity index (χ0) is 18.8. The first-order valence-electron chi connectivity index (χ1n) is 7.43. The Morgan fingerprint density at radius 2 is 1.73 bits per heavy atom. The third-order valence-corrected chi connectivity index (χ3v) is 4.43. The number of phenolic OH excluding ortho intramolecular Hbond substituents is 1. The molecule has 1 atom stereocenters. The molecule has 2 N–H and O–H groups in total. The first kappa shape index (κ1) is 18.5. The van der Waals surface area contributed by atoms with Crippen molar-refractivity contribution in [3.05, 3.63) is 62.9 Å². The van der Waals surface area contributed by atoms with E-state index in [0.29, 0.717) is 10.6 Å². The van der Waals surface area contributed by atoms with Crippen LogP contribution in [0.1, 0.15) is 29.2 Å². The minimum atomic E-state index is -0.526. The minimum absolute atomic E-state index is 0.0352. The van der Waals surface area contributed by atoms with Crippen LogP contribution in [0.15, 0.2) is 40.8 Å². The fourth-order valence-corrected chi connectivity index (χ4v) is 2.83. The molecule has 1 aromatic heterocycles. The third-order valence-electron chi connectivity index (χ3n) is 3.60. The highest BCUT2D eigenvalue weighted by molar-refractivity contribution is 6.37. The topological polar surface area (TPSA) is 88.2 Å². The fraction of sp³-hybridized carbons (Fsp3) is 0.118. The minimum Gasteiger partial charge on any atom is -0.505 e. The van der Waals surface area contributed by atoms with Crippen molar-refractivity contribution in [3.8, 4) is 17.2 Å². The second kappa shape index (κ2) is 7.53. The molecule has 3 rings (SSSR count). The standard InChI is InChI=1S/C17H12Cl3N3O3/c1-8(9-2-4-11(18)5-3-9)21-15(25)17-23-22-16(26-17)10-6-12(19)14(24)13(20)7-10/h2-8,24H,1H3,(H,21,25). The first-order chi connectivity index (χ1) is 12.3. The van der Waals surface area contributed by atoms with Gasteiger partial charge < -0.3 is 14.8 Å². The summed E-state index contributed by atoms with van der Waals surface area (Å²) in [6.45, 7) is 1.82. The van der Waals surface area contributed by atoms with Gasteiger partial charge in [0.05, 0.1) is 16.1 Å². The molecule has 26 heavy (non-hydrogen) atoms. The largest absolute Gasteiger partial charge is 0.505 e. The molecular weight excluding hydrogens is 401 g/mol. The highest BCUT2D eigenvalue weighted by atomic mass is 35.5. The van der Waals surface area contributed by atoms with Gasteiger partial charge in [-0.1, -0.05) is 46.9 Å². The van der Waals surface area contributed by atoms with Crippen LogP contribution in [0.25, 0.3) is 11.5 Å². The zero-order valence-corrected chi connectivity index (χ0v) is 15.6. The summed E-state index contributed by atoms with van der Waals surface area (Å²) in [5, 5.41) is 20.6. The Hall–Kier alpha value is -2.28. The number of rotatable bonds is 4. The van der Waals surface area contributed by atoms with Crippen LogP contribution < -0.4 is 5.32 Å². The van der Waals surface area contributed by atoms with Crippen molar-refractivity contribution in [1.29, 1.82) is 0 Å². The average Bonchev–Trinajstić information content (AvgIpc) is 3.10. The molecule has 6 nitrogen and oxygen atoms in total. The normalized spacial score (nSPS) is 12.0. The van der Waals surface area contributed by atoms with Crippen LogP contribution in [0.5, 0.6) is 5.75 Å². The van der Waals surface area contributed by atoms with Gasteiger partial charge in [0.25, 0.3) is 0 Å². The Labute approximate surface area is 163 Å². The molecule has 1 unspecified atom stereocenters. The predicted molar refractivity (Wildman–Crippen MR) is 98.8 cm³/mol. The van der Waals surface area contributed by atoms with Gasteiger partial charge in [0.2, 0.25) is 5.89 Å². The smallest absolute Gasteiger partial charge is 0.309 e. The van der Waals surface area contributed by atoms with Gasteiger partial charge in [-0.05, 0) is 36.8 Å². The van der Waals surface area contributed by atoms with Crippen LogP contribution in [0.4, 0.5) is 0 Å². The highest BCUT2D eigenvalue weighted by Gasteiger charge is 2.19. The van der Waals surface area contributed by atoms with Crippen LogP contribution in [-0.4, -0.2) is 21.2 Å². The second-order valence-corrected chi connectivity index (χ2v) is 6.70. The van der Waals surface area contributed by atoms with Crippen molar-refractivity contribution in [2.24, 2.45) is 0 Å². The van der Waals surface area contributed by atoms with E-state index in [2.05, 4.69) is 15.5 Å². The molecule has 0 aliphatic heterocycles. The summed E-state index contributed by atoms with van der Waals surface area (Å²) in [7, 11) is 0. The van der Waals surface area contributed by atoms with Crippen LogP contribution in [-0.2, 0) is 0 Å². The molecule has 0 saturated heterocycles. The Morgan fingerprint density at radius 3 is 2.35 bits per heavy atom. The van der Waals surface area contributed by atoms with E-state index in [1.165, 1.54) is 12.1 Å². The lowest BCUT2D eigenvalue weighted by Crippen LogP contribution is -2.26. The van der Waals surface area contributed by atoms with Gasteiger partial charge in [-0.25, -0.2) is 0 Å². The molecule has 0 bridgehead atoms. The lowest BCUT2D eigenvalue weighted by atomic mass is 10.1. The molecule has 1 amide bonds. The van der Waals surface area contributed by atoms with E-state index in [1.807, 2.05) is 19.1 Å². The molecule has 0 aliphatic carbocycles. The second-order valence-electron chi connectivity index (χ2n) is 5.45. The maximum atomic E-state index is 12.3. The molecule has 0 radical (unpaired) electrons. The first-order valence-corrected chi connectivity index (χ1v) is 8.56. The Balaban J connectivity index is 1.77. The Morgan fingerprint density at radius 1 is 1.12 bits per heavy atom. The van der Waals surface area contributed by atoms with E-state index in [9.17, 15) is 9.90 Å². The fourth-order valence-electron chi connectivity index (χ4n) is 2.21. The summed E-state index contributed by atoms with van der Waals surface area (Å²) in [5.41, 5.74) is 1.26.